The summed E-state index contributed by atoms with van der Waals surface area (Å²) in [6.45, 7) is 4.30. The SMILES string of the molecule is CCNc1ccc([N+](=O)[O-])c(C(=O)NC2CCN(C)C2)c1. The molecule has 1 amide bonds. The second-order valence-corrected chi connectivity index (χ2v) is 5.24. The standard InChI is InChI=1S/C14H20N4O3/c1-3-15-10-4-5-13(18(20)21)12(8-10)14(19)16-11-6-7-17(2)9-11/h4-5,8,11,15H,3,6-7,9H2,1-2H3,(H,16,19). The molecule has 1 saturated heterocycles. The summed E-state index contributed by atoms with van der Waals surface area (Å²) in [5, 5.41) is 17.0. The third-order valence-electron chi connectivity index (χ3n) is 3.55. The number of hydrogen-bond acceptors (Lipinski definition) is 5. The summed E-state index contributed by atoms with van der Waals surface area (Å²) >= 11 is 0. The molecule has 1 aromatic rings. The van der Waals surface area contributed by atoms with Gasteiger partial charge in [0.2, 0.25) is 0 Å². The number of likely N-dealkylation sites (tertiary alicyclic amines) is 1. The minimum absolute atomic E-state index is 0.0462. The van der Waals surface area contributed by atoms with Gasteiger partial charge in [0.05, 0.1) is 4.92 Å². The molecular weight excluding hydrogens is 272 g/mol. The first kappa shape index (κ1) is 15.2. The zero-order chi connectivity index (χ0) is 15.4. The van der Waals surface area contributed by atoms with Crippen molar-refractivity contribution in [3.63, 3.8) is 0 Å². The number of nitrogens with zero attached hydrogens (tertiary/aromatic N) is 2. The zero-order valence-electron chi connectivity index (χ0n) is 12.3. The van der Waals surface area contributed by atoms with E-state index < -0.39 is 4.92 Å². The Bertz CT molecular complexity index is 547. The van der Waals surface area contributed by atoms with E-state index in [-0.39, 0.29) is 23.2 Å². The van der Waals surface area contributed by atoms with E-state index in [2.05, 4.69) is 15.5 Å². The van der Waals surface area contributed by atoms with Gasteiger partial charge in [-0.25, -0.2) is 0 Å². The minimum atomic E-state index is -0.522. The number of nitro benzene ring substituents is 1. The van der Waals surface area contributed by atoms with Crippen LogP contribution in [-0.4, -0.2) is 48.5 Å². The van der Waals surface area contributed by atoms with Crippen molar-refractivity contribution in [2.45, 2.75) is 19.4 Å². The molecule has 21 heavy (non-hydrogen) atoms. The lowest BCUT2D eigenvalue weighted by Crippen LogP contribution is -2.36. The van der Waals surface area contributed by atoms with Gasteiger partial charge in [0.1, 0.15) is 5.56 Å². The predicted molar refractivity (Wildman–Crippen MR) is 80.6 cm³/mol. The molecule has 0 spiro atoms. The van der Waals surface area contributed by atoms with Crippen molar-refractivity contribution in [1.82, 2.24) is 10.2 Å². The average Bonchev–Trinajstić information content (AvgIpc) is 2.84. The molecule has 2 rings (SSSR count). The average molecular weight is 292 g/mol. The quantitative estimate of drug-likeness (QED) is 0.633. The molecule has 1 aliphatic rings. The zero-order valence-corrected chi connectivity index (χ0v) is 12.3. The Labute approximate surface area is 123 Å². The molecule has 2 N–H and O–H groups in total. The number of rotatable bonds is 5. The van der Waals surface area contributed by atoms with Crippen LogP contribution in [-0.2, 0) is 0 Å². The van der Waals surface area contributed by atoms with E-state index in [0.29, 0.717) is 12.2 Å². The first-order chi connectivity index (χ1) is 10.0. The molecule has 0 saturated carbocycles. The Morgan fingerprint density at radius 2 is 2.29 bits per heavy atom. The van der Waals surface area contributed by atoms with E-state index in [1.807, 2.05) is 14.0 Å². The van der Waals surface area contributed by atoms with Gasteiger partial charge in [0.15, 0.2) is 0 Å². The van der Waals surface area contributed by atoms with E-state index in [9.17, 15) is 14.9 Å². The van der Waals surface area contributed by atoms with Gasteiger partial charge in [-0.15, -0.1) is 0 Å². The first-order valence-electron chi connectivity index (χ1n) is 7.03. The second-order valence-electron chi connectivity index (χ2n) is 5.24. The van der Waals surface area contributed by atoms with Crippen molar-refractivity contribution in [1.29, 1.82) is 0 Å². The van der Waals surface area contributed by atoms with Gasteiger partial charge in [0.25, 0.3) is 11.6 Å². The Kier molecular flexibility index (Phi) is 4.74. The van der Waals surface area contributed by atoms with Gasteiger partial charge in [-0.3, -0.25) is 14.9 Å². The van der Waals surface area contributed by atoms with Crippen LogP contribution in [0, 0.1) is 10.1 Å². The number of nitrogens with one attached hydrogen (secondary N) is 2. The third-order valence-corrected chi connectivity index (χ3v) is 3.55. The number of nitro groups is 1. The first-order valence-corrected chi connectivity index (χ1v) is 7.03. The van der Waals surface area contributed by atoms with Crippen LogP contribution in [0.2, 0.25) is 0 Å². The molecule has 1 atom stereocenters. The monoisotopic (exact) mass is 292 g/mol. The Hall–Kier alpha value is -2.15. The maximum atomic E-state index is 12.3. The van der Waals surface area contributed by atoms with E-state index in [4.69, 9.17) is 0 Å². The van der Waals surface area contributed by atoms with Crippen LogP contribution in [0.25, 0.3) is 0 Å². The summed E-state index contributed by atoms with van der Waals surface area (Å²) in [6.07, 6.45) is 0.864. The van der Waals surface area contributed by atoms with E-state index in [1.165, 1.54) is 12.1 Å². The smallest absolute Gasteiger partial charge is 0.282 e. The van der Waals surface area contributed by atoms with Crippen LogP contribution < -0.4 is 10.6 Å². The van der Waals surface area contributed by atoms with Crippen LogP contribution in [0.15, 0.2) is 18.2 Å². The molecule has 114 valence electrons. The predicted octanol–water partition coefficient (Wildman–Crippen LogP) is 1.46. The minimum Gasteiger partial charge on any atom is -0.385 e. The van der Waals surface area contributed by atoms with Crippen LogP contribution in [0.4, 0.5) is 11.4 Å². The molecule has 1 aromatic carbocycles. The Morgan fingerprint density at radius 3 is 2.86 bits per heavy atom. The number of carbonyl (C=O) groups excluding carboxylic acids is 1. The molecule has 7 heteroatoms. The molecule has 0 radical (unpaired) electrons. The highest BCUT2D eigenvalue weighted by atomic mass is 16.6. The topological polar surface area (TPSA) is 87.5 Å². The van der Waals surface area contributed by atoms with Crippen molar-refractivity contribution >= 4 is 17.3 Å². The fourth-order valence-electron chi connectivity index (χ4n) is 2.51. The highest BCUT2D eigenvalue weighted by molar-refractivity contribution is 5.99. The fraction of sp³-hybridized carbons (Fsp3) is 0.500. The molecule has 1 fully saturated rings. The van der Waals surface area contributed by atoms with Gasteiger partial charge >= 0.3 is 0 Å². The lowest BCUT2D eigenvalue weighted by atomic mass is 10.1. The third kappa shape index (κ3) is 3.69. The lowest BCUT2D eigenvalue weighted by molar-refractivity contribution is -0.385. The molecule has 1 heterocycles. The second kappa shape index (κ2) is 6.53. The lowest BCUT2D eigenvalue weighted by Gasteiger charge is -2.13. The largest absolute Gasteiger partial charge is 0.385 e. The molecule has 0 aliphatic carbocycles. The number of amides is 1. The van der Waals surface area contributed by atoms with Gasteiger partial charge in [0, 0.05) is 30.9 Å². The summed E-state index contributed by atoms with van der Waals surface area (Å²) in [6, 6.07) is 4.57. The van der Waals surface area contributed by atoms with E-state index in [1.54, 1.807) is 6.07 Å². The maximum absolute atomic E-state index is 12.3. The number of anilines is 1. The molecule has 7 nitrogen and oxygen atoms in total. The van der Waals surface area contributed by atoms with Crippen LogP contribution in [0.3, 0.4) is 0 Å². The van der Waals surface area contributed by atoms with Crippen LogP contribution >= 0.6 is 0 Å². The summed E-state index contributed by atoms with van der Waals surface area (Å²) in [4.78, 5) is 25.0. The summed E-state index contributed by atoms with van der Waals surface area (Å²) < 4.78 is 0. The number of benzene rings is 1. The van der Waals surface area contributed by atoms with Gasteiger partial charge in [-0.05, 0) is 39.1 Å². The summed E-state index contributed by atoms with van der Waals surface area (Å²) in [5.74, 6) is -0.387. The van der Waals surface area contributed by atoms with Crippen molar-refractivity contribution in [3.05, 3.63) is 33.9 Å². The summed E-state index contributed by atoms with van der Waals surface area (Å²) in [7, 11) is 1.99. The normalized spacial score (nSPS) is 18.5. The molecule has 0 aromatic heterocycles. The molecule has 1 unspecified atom stereocenters. The highest BCUT2D eigenvalue weighted by Crippen LogP contribution is 2.23. The van der Waals surface area contributed by atoms with Crippen molar-refractivity contribution in [3.8, 4) is 0 Å². The van der Waals surface area contributed by atoms with Crippen molar-refractivity contribution < 1.29 is 9.72 Å². The maximum Gasteiger partial charge on any atom is 0.282 e. The molecule has 0 bridgehead atoms. The van der Waals surface area contributed by atoms with E-state index in [0.717, 1.165) is 19.5 Å². The van der Waals surface area contributed by atoms with E-state index >= 15 is 0 Å². The number of hydrogen-bond donors (Lipinski definition) is 2. The van der Waals surface area contributed by atoms with Gasteiger partial charge in [-0.2, -0.15) is 0 Å². The Balaban J connectivity index is 2.20. The van der Waals surface area contributed by atoms with Crippen molar-refractivity contribution in [2.24, 2.45) is 0 Å². The van der Waals surface area contributed by atoms with Gasteiger partial charge in [-0.1, -0.05) is 0 Å². The summed E-state index contributed by atoms with van der Waals surface area (Å²) in [5.41, 5.74) is 0.644. The number of likely N-dealkylation sites (N-methyl/N-ethyl adjacent to an activating group) is 1. The number of carbonyl (C=O) groups is 1. The van der Waals surface area contributed by atoms with Gasteiger partial charge < -0.3 is 15.5 Å². The van der Waals surface area contributed by atoms with Crippen molar-refractivity contribution in [2.75, 3.05) is 32.0 Å². The Morgan fingerprint density at radius 1 is 1.52 bits per heavy atom. The fourth-order valence-corrected chi connectivity index (χ4v) is 2.51. The van der Waals surface area contributed by atoms with Crippen LogP contribution in [0.5, 0.6) is 0 Å². The molecular formula is C14H20N4O3. The highest BCUT2D eigenvalue weighted by Gasteiger charge is 2.25. The molecule has 1 aliphatic heterocycles. The van der Waals surface area contributed by atoms with Crippen LogP contribution in [0.1, 0.15) is 23.7 Å².